The summed E-state index contributed by atoms with van der Waals surface area (Å²) in [6.45, 7) is 7.25. The van der Waals surface area contributed by atoms with Gasteiger partial charge in [-0.05, 0) is 45.7 Å². The molecule has 178 valence electrons. The van der Waals surface area contributed by atoms with Gasteiger partial charge in [0.25, 0.3) is 0 Å². The van der Waals surface area contributed by atoms with Crippen molar-refractivity contribution in [2.24, 2.45) is 5.41 Å². The number of alkyl halides is 1. The highest BCUT2D eigenvalue weighted by Gasteiger charge is 2.51. The van der Waals surface area contributed by atoms with Gasteiger partial charge in [0, 0.05) is 49.4 Å². The molecule has 0 unspecified atom stereocenters. The van der Waals surface area contributed by atoms with E-state index in [-0.39, 0.29) is 17.4 Å². The van der Waals surface area contributed by atoms with Crippen LogP contribution in [0.3, 0.4) is 0 Å². The summed E-state index contributed by atoms with van der Waals surface area (Å²) in [5, 5.41) is 9.35. The normalized spacial score (nSPS) is 21.3. The summed E-state index contributed by atoms with van der Waals surface area (Å²) in [7, 11) is 0. The van der Waals surface area contributed by atoms with Gasteiger partial charge in [0.2, 0.25) is 5.91 Å². The van der Waals surface area contributed by atoms with Crippen LogP contribution in [0.25, 0.3) is 0 Å². The van der Waals surface area contributed by atoms with Gasteiger partial charge in [-0.15, -0.1) is 0 Å². The largest absolute Gasteiger partial charge is 0.352 e. The predicted molar refractivity (Wildman–Crippen MR) is 127 cm³/mol. The number of nitriles is 1. The third-order valence-electron chi connectivity index (χ3n) is 7.62. The van der Waals surface area contributed by atoms with Crippen molar-refractivity contribution in [2.75, 3.05) is 42.7 Å². The average molecular weight is 464 g/mol. The molecule has 2 aromatic rings. The maximum absolute atomic E-state index is 13.4. The molecule has 3 aliphatic rings. The zero-order valence-electron chi connectivity index (χ0n) is 20.0. The molecule has 2 fully saturated rings. The number of nitrogens with zero attached hydrogens (tertiary/aromatic N) is 7. The third kappa shape index (κ3) is 3.47. The Morgan fingerprint density at radius 2 is 2.03 bits per heavy atom. The summed E-state index contributed by atoms with van der Waals surface area (Å²) < 4.78 is 13.4. The smallest absolute Gasteiger partial charge is 0.231 e. The Kier molecular flexibility index (Phi) is 5.42. The van der Waals surface area contributed by atoms with Crippen LogP contribution in [0.4, 0.5) is 21.8 Å². The summed E-state index contributed by atoms with van der Waals surface area (Å²) in [6.07, 6.45) is 6.55. The van der Waals surface area contributed by atoms with E-state index in [1.165, 1.54) is 0 Å². The van der Waals surface area contributed by atoms with E-state index in [2.05, 4.69) is 25.8 Å². The van der Waals surface area contributed by atoms with Crippen LogP contribution in [0.15, 0.2) is 24.7 Å². The maximum Gasteiger partial charge on any atom is 0.231 e. The van der Waals surface area contributed by atoms with Crippen LogP contribution in [-0.4, -0.2) is 64.7 Å². The number of carbonyl (C=O) groups is 1. The quantitative estimate of drug-likeness (QED) is 0.687. The van der Waals surface area contributed by atoms with Crippen molar-refractivity contribution in [1.82, 2.24) is 19.9 Å². The second kappa shape index (κ2) is 8.19. The van der Waals surface area contributed by atoms with E-state index in [1.54, 1.807) is 37.3 Å². The zero-order valence-corrected chi connectivity index (χ0v) is 20.0. The number of fused-ring (bicyclic) bond motifs is 2. The predicted octanol–water partition coefficient (Wildman–Crippen LogP) is 3.35. The Morgan fingerprint density at radius 3 is 2.68 bits per heavy atom. The molecule has 1 amide bonds. The van der Waals surface area contributed by atoms with Crippen LogP contribution in [0.1, 0.15) is 51.2 Å². The Morgan fingerprint density at radius 1 is 1.26 bits per heavy atom. The second-order valence-electron chi connectivity index (χ2n) is 10.4. The molecule has 0 radical (unpaired) electrons. The molecule has 1 atom stereocenters. The first-order chi connectivity index (χ1) is 16.3. The van der Waals surface area contributed by atoms with E-state index in [9.17, 15) is 14.4 Å². The SMILES string of the molecule is C[C@@H]1CN(c2ncnc3c2C2(CCC2)CN3c2cc(C#N)ccn2)CCN1C(=O)C(C)(C)CF. The molecular formula is C25H30FN7O. The molecule has 4 heterocycles. The van der Waals surface area contributed by atoms with Crippen molar-refractivity contribution >= 4 is 23.4 Å². The fourth-order valence-electron chi connectivity index (χ4n) is 5.48. The van der Waals surface area contributed by atoms with Crippen molar-refractivity contribution < 1.29 is 9.18 Å². The first kappa shape index (κ1) is 22.5. The Bertz CT molecular complexity index is 1160. The van der Waals surface area contributed by atoms with E-state index in [1.807, 2.05) is 13.0 Å². The molecule has 8 nitrogen and oxygen atoms in total. The third-order valence-corrected chi connectivity index (χ3v) is 7.62. The lowest BCUT2D eigenvalue weighted by molar-refractivity contribution is -0.143. The number of halogens is 1. The number of pyridine rings is 1. The number of amides is 1. The number of aromatic nitrogens is 3. The van der Waals surface area contributed by atoms with Crippen molar-refractivity contribution in [3.05, 3.63) is 35.8 Å². The lowest BCUT2D eigenvalue weighted by atomic mass is 9.66. The standard InChI is InChI=1S/C25H30FN7O/c1-17-13-31(9-10-32(17)23(34)24(2,3)14-26)21-20-22(30-16-29-21)33(15-25(20)6-4-7-25)19-11-18(12-27)5-8-28-19/h5,8,11,16-17H,4,6-7,9-10,13-15H2,1-3H3/t17-/m1/s1. The molecule has 2 aliphatic heterocycles. The minimum Gasteiger partial charge on any atom is -0.352 e. The van der Waals surface area contributed by atoms with Crippen molar-refractivity contribution in [3.63, 3.8) is 0 Å². The average Bonchev–Trinajstić information content (AvgIpc) is 3.20. The molecule has 0 aromatic carbocycles. The Labute approximate surface area is 199 Å². The van der Waals surface area contributed by atoms with E-state index in [4.69, 9.17) is 4.98 Å². The molecule has 1 saturated carbocycles. The minimum absolute atomic E-state index is 0.0251. The number of piperazine rings is 1. The molecule has 2 aromatic heterocycles. The molecule has 0 bridgehead atoms. The zero-order chi connectivity index (χ0) is 24.1. The molecule has 5 rings (SSSR count). The molecule has 9 heteroatoms. The van der Waals surface area contributed by atoms with Gasteiger partial charge in [-0.3, -0.25) is 4.79 Å². The number of hydrogen-bond acceptors (Lipinski definition) is 7. The van der Waals surface area contributed by atoms with Gasteiger partial charge in [-0.1, -0.05) is 6.42 Å². The highest BCUT2D eigenvalue weighted by Crippen LogP contribution is 2.56. The molecule has 1 aliphatic carbocycles. The molecule has 1 spiro atoms. The summed E-state index contributed by atoms with van der Waals surface area (Å²) in [5.41, 5.74) is 0.694. The number of anilines is 3. The van der Waals surface area contributed by atoms with Crippen molar-refractivity contribution in [1.29, 1.82) is 5.26 Å². The Balaban J connectivity index is 1.47. The van der Waals surface area contributed by atoms with E-state index < -0.39 is 12.1 Å². The second-order valence-corrected chi connectivity index (χ2v) is 10.4. The highest BCUT2D eigenvalue weighted by molar-refractivity contribution is 5.83. The van der Waals surface area contributed by atoms with Gasteiger partial charge < -0.3 is 14.7 Å². The number of carbonyl (C=O) groups excluding carboxylic acids is 1. The molecular weight excluding hydrogens is 433 g/mol. The van der Waals surface area contributed by atoms with Crippen molar-refractivity contribution in [2.45, 2.75) is 51.5 Å². The van der Waals surface area contributed by atoms with Crippen molar-refractivity contribution in [3.8, 4) is 6.07 Å². The maximum atomic E-state index is 13.4. The van der Waals surface area contributed by atoms with Gasteiger partial charge in [0.05, 0.1) is 17.0 Å². The molecule has 0 N–H and O–H groups in total. The fourth-order valence-corrected chi connectivity index (χ4v) is 5.48. The summed E-state index contributed by atoms with van der Waals surface area (Å²) >= 11 is 0. The van der Waals surface area contributed by atoms with Gasteiger partial charge in [0.15, 0.2) is 0 Å². The topological polar surface area (TPSA) is 89.2 Å². The molecule has 34 heavy (non-hydrogen) atoms. The van der Waals surface area contributed by atoms with E-state index in [0.717, 1.165) is 48.8 Å². The Hall–Kier alpha value is -3.28. The van der Waals surface area contributed by atoms with E-state index in [0.29, 0.717) is 25.2 Å². The number of hydrogen-bond donors (Lipinski definition) is 0. The van der Waals surface area contributed by atoms with Crippen LogP contribution in [0.5, 0.6) is 0 Å². The van der Waals surface area contributed by atoms with Crippen LogP contribution in [-0.2, 0) is 10.2 Å². The monoisotopic (exact) mass is 463 g/mol. The summed E-state index contributed by atoms with van der Waals surface area (Å²) in [6, 6.07) is 5.66. The minimum atomic E-state index is -1.01. The molecule has 1 saturated heterocycles. The lowest BCUT2D eigenvalue weighted by Crippen LogP contribution is -2.57. The summed E-state index contributed by atoms with van der Waals surface area (Å²) in [4.78, 5) is 33.0. The van der Waals surface area contributed by atoms with Crippen LogP contribution < -0.4 is 9.80 Å². The first-order valence-electron chi connectivity index (χ1n) is 11.9. The number of rotatable bonds is 4. The van der Waals surface area contributed by atoms with Gasteiger partial charge in [0.1, 0.15) is 30.5 Å². The highest BCUT2D eigenvalue weighted by atomic mass is 19.1. The van der Waals surface area contributed by atoms with Crippen LogP contribution in [0, 0.1) is 16.7 Å². The lowest BCUT2D eigenvalue weighted by Gasteiger charge is -2.45. The fraction of sp³-hybridized carbons (Fsp3) is 0.560. The first-order valence-corrected chi connectivity index (χ1v) is 11.9. The van der Waals surface area contributed by atoms with Gasteiger partial charge >= 0.3 is 0 Å². The van der Waals surface area contributed by atoms with Crippen LogP contribution in [0.2, 0.25) is 0 Å². The van der Waals surface area contributed by atoms with Gasteiger partial charge in [-0.25, -0.2) is 19.3 Å². The van der Waals surface area contributed by atoms with E-state index >= 15 is 0 Å². The summed E-state index contributed by atoms with van der Waals surface area (Å²) in [5.74, 6) is 2.37. The van der Waals surface area contributed by atoms with Gasteiger partial charge in [-0.2, -0.15) is 5.26 Å². The van der Waals surface area contributed by atoms with Crippen LogP contribution >= 0.6 is 0 Å².